The van der Waals surface area contributed by atoms with Gasteiger partial charge in [-0.1, -0.05) is 24.0 Å². The fraction of sp³-hybridized carbons (Fsp3) is 0.355. The zero-order chi connectivity index (χ0) is 30.0. The second-order valence-corrected chi connectivity index (χ2v) is 11.2. The van der Waals surface area contributed by atoms with E-state index in [0.717, 1.165) is 0 Å². The molecule has 2 unspecified atom stereocenters. The fourth-order valence-corrected chi connectivity index (χ4v) is 6.65. The highest BCUT2D eigenvalue weighted by Crippen LogP contribution is 2.50. The standard InChI is InChI=1S/C31H28N2O8/c1-14(34)16-7-4-15(5-8-16)6-9-17-10-11-21(35)23-19(17)12-18-13-20-25(33(2)3)27(37)24(30(32)40)29(39)31(20,41)28(38)22(18)26(23)36/h4-5,7-8,10-11,18,20,22,24-25,35,41H,12-13H2,1-3H3,(H2,32,40)/t18-,20-,22?,24?,25-,31-/m1/s1. The van der Waals surface area contributed by atoms with Crippen LogP contribution in [0.4, 0.5) is 0 Å². The summed E-state index contributed by atoms with van der Waals surface area (Å²) in [7, 11) is 3.06. The Morgan fingerprint density at radius 1 is 1.00 bits per heavy atom. The summed E-state index contributed by atoms with van der Waals surface area (Å²) in [6, 6.07) is 8.37. The molecule has 2 aromatic rings. The molecule has 2 saturated carbocycles. The van der Waals surface area contributed by atoms with Gasteiger partial charge in [0.25, 0.3) is 0 Å². The van der Waals surface area contributed by atoms with Gasteiger partial charge in [0.2, 0.25) is 5.91 Å². The first-order chi connectivity index (χ1) is 19.3. The van der Waals surface area contributed by atoms with E-state index in [1.807, 2.05) is 0 Å². The number of Topliss-reactive ketones (excluding diaryl/α,β-unsaturated/α-hetero) is 5. The largest absolute Gasteiger partial charge is 0.507 e. The molecule has 41 heavy (non-hydrogen) atoms. The van der Waals surface area contributed by atoms with E-state index in [0.29, 0.717) is 22.3 Å². The van der Waals surface area contributed by atoms with Crippen LogP contribution in [0.25, 0.3) is 0 Å². The van der Waals surface area contributed by atoms with Crippen molar-refractivity contribution in [3.63, 3.8) is 0 Å². The molecule has 10 nitrogen and oxygen atoms in total. The molecule has 210 valence electrons. The van der Waals surface area contributed by atoms with Gasteiger partial charge in [-0.15, -0.1) is 0 Å². The normalized spacial score (nSPS) is 28.8. The number of amides is 1. The van der Waals surface area contributed by atoms with E-state index in [1.54, 1.807) is 30.3 Å². The number of ketones is 5. The van der Waals surface area contributed by atoms with E-state index in [-0.39, 0.29) is 29.9 Å². The van der Waals surface area contributed by atoms with Crippen LogP contribution in [0, 0.1) is 35.5 Å². The molecule has 0 saturated heterocycles. The zero-order valence-corrected chi connectivity index (χ0v) is 22.6. The average Bonchev–Trinajstić information content (AvgIpc) is 2.90. The zero-order valence-electron chi connectivity index (χ0n) is 22.6. The Bertz CT molecular complexity index is 1610. The van der Waals surface area contributed by atoms with Gasteiger partial charge in [0, 0.05) is 22.6 Å². The summed E-state index contributed by atoms with van der Waals surface area (Å²) in [6.07, 6.45) is 0.0758. The quantitative estimate of drug-likeness (QED) is 0.276. The molecule has 2 fully saturated rings. The van der Waals surface area contributed by atoms with Gasteiger partial charge in [-0.3, -0.25) is 33.7 Å². The van der Waals surface area contributed by atoms with E-state index < -0.39 is 64.4 Å². The first-order valence-corrected chi connectivity index (χ1v) is 13.1. The number of primary amides is 1. The maximum Gasteiger partial charge on any atom is 0.235 e. The first-order valence-electron chi connectivity index (χ1n) is 13.1. The second kappa shape index (κ2) is 9.87. The SMILES string of the molecule is CC(=O)c1ccc(C#Cc2ccc(O)c3c2C[C@@H]2C[C@@H]4[C@@H](N(C)C)C(=O)C(C(N)=O)C(=O)[C@]4(O)C(=O)C2C3=O)cc1. The van der Waals surface area contributed by atoms with Crippen LogP contribution >= 0.6 is 0 Å². The fourth-order valence-electron chi connectivity index (χ4n) is 6.65. The number of carbonyl (C=O) groups excluding carboxylic acids is 6. The number of nitrogens with two attached hydrogens (primary N) is 1. The van der Waals surface area contributed by atoms with Crippen molar-refractivity contribution >= 4 is 34.8 Å². The average molecular weight is 557 g/mol. The van der Waals surface area contributed by atoms with Crippen LogP contribution in [-0.2, 0) is 25.6 Å². The molecule has 6 atom stereocenters. The van der Waals surface area contributed by atoms with Gasteiger partial charge in [0.05, 0.1) is 17.5 Å². The minimum absolute atomic E-state index is 0.0427. The molecule has 3 aliphatic carbocycles. The minimum Gasteiger partial charge on any atom is -0.507 e. The molecule has 4 N–H and O–H groups in total. The lowest BCUT2D eigenvalue weighted by Gasteiger charge is -2.52. The monoisotopic (exact) mass is 556 g/mol. The Morgan fingerprint density at radius 2 is 1.66 bits per heavy atom. The van der Waals surface area contributed by atoms with Crippen LogP contribution in [0.3, 0.4) is 0 Å². The number of aromatic hydroxyl groups is 1. The maximum atomic E-state index is 13.9. The van der Waals surface area contributed by atoms with Crippen molar-refractivity contribution in [2.45, 2.75) is 31.4 Å². The summed E-state index contributed by atoms with van der Waals surface area (Å²) in [5, 5.41) is 22.3. The van der Waals surface area contributed by atoms with Crippen LogP contribution in [0.5, 0.6) is 5.75 Å². The third-order valence-corrected chi connectivity index (χ3v) is 8.58. The smallest absolute Gasteiger partial charge is 0.235 e. The van der Waals surface area contributed by atoms with Crippen molar-refractivity contribution in [1.82, 2.24) is 4.90 Å². The van der Waals surface area contributed by atoms with Crippen LogP contribution < -0.4 is 5.73 Å². The molecule has 10 heteroatoms. The number of phenols is 1. The molecule has 0 bridgehead atoms. The van der Waals surface area contributed by atoms with Gasteiger partial charge in [0.15, 0.2) is 40.4 Å². The highest BCUT2D eigenvalue weighted by molar-refractivity contribution is 6.32. The predicted molar refractivity (Wildman–Crippen MR) is 144 cm³/mol. The number of hydrogen-bond acceptors (Lipinski definition) is 9. The van der Waals surface area contributed by atoms with Gasteiger partial charge in [-0.05, 0) is 69.6 Å². The van der Waals surface area contributed by atoms with Crippen LogP contribution in [0.2, 0.25) is 0 Å². The van der Waals surface area contributed by atoms with Crippen LogP contribution in [0.1, 0.15) is 50.8 Å². The Kier molecular flexibility index (Phi) is 6.76. The molecule has 2 aromatic carbocycles. The van der Waals surface area contributed by atoms with E-state index in [2.05, 4.69) is 11.8 Å². The number of benzene rings is 2. The van der Waals surface area contributed by atoms with Crippen molar-refractivity contribution in [3.05, 3.63) is 64.2 Å². The van der Waals surface area contributed by atoms with Crippen LogP contribution in [0.15, 0.2) is 36.4 Å². The van der Waals surface area contributed by atoms with Crippen molar-refractivity contribution in [2.75, 3.05) is 14.1 Å². The molecule has 5 rings (SSSR count). The molecule has 1 amide bonds. The summed E-state index contributed by atoms with van der Waals surface area (Å²) in [4.78, 5) is 79.2. The van der Waals surface area contributed by atoms with Gasteiger partial charge in [-0.25, -0.2) is 0 Å². The lowest BCUT2D eigenvalue weighted by atomic mass is 9.52. The Morgan fingerprint density at radius 3 is 2.24 bits per heavy atom. The van der Waals surface area contributed by atoms with Gasteiger partial charge >= 0.3 is 0 Å². The molecule has 0 aromatic heterocycles. The van der Waals surface area contributed by atoms with E-state index in [1.165, 1.54) is 32.0 Å². The highest BCUT2D eigenvalue weighted by atomic mass is 16.3. The van der Waals surface area contributed by atoms with E-state index in [4.69, 9.17) is 5.73 Å². The van der Waals surface area contributed by atoms with E-state index >= 15 is 0 Å². The summed E-state index contributed by atoms with van der Waals surface area (Å²) in [5.74, 6) is -5.06. The van der Waals surface area contributed by atoms with Crippen molar-refractivity contribution in [3.8, 4) is 17.6 Å². The third kappa shape index (κ3) is 4.20. The number of carbonyl (C=O) groups is 6. The summed E-state index contributed by atoms with van der Waals surface area (Å²) >= 11 is 0. The van der Waals surface area contributed by atoms with Crippen LogP contribution in [-0.4, -0.2) is 75.7 Å². The number of hydrogen-bond donors (Lipinski definition) is 3. The number of likely N-dealkylation sites (N-methyl/N-ethyl adjacent to an activating group) is 1. The van der Waals surface area contributed by atoms with Gasteiger partial charge < -0.3 is 15.9 Å². The molecule has 0 radical (unpaired) electrons. The highest BCUT2D eigenvalue weighted by Gasteiger charge is 2.69. The van der Waals surface area contributed by atoms with Crippen molar-refractivity contribution < 1.29 is 39.0 Å². The molecular weight excluding hydrogens is 528 g/mol. The summed E-state index contributed by atoms with van der Waals surface area (Å²) in [6.45, 7) is 1.46. The Labute approximate surface area is 235 Å². The van der Waals surface area contributed by atoms with Crippen molar-refractivity contribution in [1.29, 1.82) is 0 Å². The summed E-state index contributed by atoms with van der Waals surface area (Å²) < 4.78 is 0. The van der Waals surface area contributed by atoms with E-state index in [9.17, 15) is 39.0 Å². The molecule has 3 aliphatic rings. The first kappa shape index (κ1) is 28.1. The molecular formula is C31H28N2O8. The van der Waals surface area contributed by atoms with Gasteiger partial charge in [0.1, 0.15) is 5.75 Å². The predicted octanol–water partition coefficient (Wildman–Crippen LogP) is 0.469. The number of phenolic OH excluding ortho intramolecular Hbond substituents is 1. The lowest BCUT2D eigenvalue weighted by Crippen LogP contribution is -2.74. The number of nitrogens with zero attached hydrogens (tertiary/aromatic N) is 1. The second-order valence-electron chi connectivity index (χ2n) is 11.2. The maximum absolute atomic E-state index is 13.9. The lowest BCUT2D eigenvalue weighted by molar-refractivity contribution is -0.181. The third-order valence-electron chi connectivity index (χ3n) is 8.58. The van der Waals surface area contributed by atoms with Crippen molar-refractivity contribution in [2.24, 2.45) is 29.4 Å². The number of aliphatic hydroxyl groups is 1. The Hall–Kier alpha value is -4.46. The minimum atomic E-state index is -2.77. The Balaban J connectivity index is 1.58. The molecule has 0 heterocycles. The summed E-state index contributed by atoms with van der Waals surface area (Å²) in [5.41, 5.74) is 4.48. The number of rotatable bonds is 3. The topological polar surface area (TPSA) is 172 Å². The molecule has 0 aliphatic heterocycles. The molecule has 0 spiro atoms. The van der Waals surface area contributed by atoms with Gasteiger partial charge in [-0.2, -0.15) is 0 Å². The number of fused-ring (bicyclic) bond motifs is 3.